The van der Waals surface area contributed by atoms with Crippen molar-refractivity contribution < 1.29 is 0 Å². The molecule has 1 N–H and O–H groups in total. The quantitative estimate of drug-likeness (QED) is 0.696. The number of aromatic amines is 1. The van der Waals surface area contributed by atoms with E-state index in [1.807, 2.05) is 30.3 Å². The second-order valence-corrected chi connectivity index (χ2v) is 2.93. The molecular formula is C10H10N2O. The second-order valence-electron chi connectivity index (χ2n) is 2.93. The van der Waals surface area contributed by atoms with Crippen LogP contribution < -0.4 is 5.56 Å². The average Bonchev–Trinajstić information content (AvgIpc) is 2.49. The summed E-state index contributed by atoms with van der Waals surface area (Å²) in [6.07, 6.45) is 0. The maximum Gasteiger partial charge on any atom is 0.266 e. The molecule has 3 nitrogen and oxygen atoms in total. The first-order valence-corrected chi connectivity index (χ1v) is 4.09. The van der Waals surface area contributed by atoms with Gasteiger partial charge in [0.05, 0.1) is 5.69 Å². The molecule has 0 spiro atoms. The minimum absolute atomic E-state index is 0.0150. The first-order valence-electron chi connectivity index (χ1n) is 4.09. The van der Waals surface area contributed by atoms with Crippen molar-refractivity contribution in [3.8, 4) is 11.3 Å². The molecule has 1 aromatic heterocycles. The van der Waals surface area contributed by atoms with Gasteiger partial charge in [0.2, 0.25) is 0 Å². The van der Waals surface area contributed by atoms with E-state index in [1.165, 1.54) is 4.68 Å². The van der Waals surface area contributed by atoms with Crippen molar-refractivity contribution in [2.75, 3.05) is 0 Å². The van der Waals surface area contributed by atoms with E-state index in [0.717, 1.165) is 11.3 Å². The fraction of sp³-hybridized carbons (Fsp3) is 0.100. The number of nitrogens with zero attached hydrogens (tertiary/aromatic N) is 1. The third kappa shape index (κ3) is 1.40. The van der Waals surface area contributed by atoms with Crippen molar-refractivity contribution >= 4 is 0 Å². The summed E-state index contributed by atoms with van der Waals surface area (Å²) >= 11 is 0. The van der Waals surface area contributed by atoms with Crippen LogP contribution in [-0.4, -0.2) is 9.78 Å². The highest BCUT2D eigenvalue weighted by Gasteiger charge is 2.00. The van der Waals surface area contributed by atoms with Gasteiger partial charge in [-0.3, -0.25) is 14.6 Å². The molecule has 0 atom stereocenters. The maximum atomic E-state index is 11.1. The van der Waals surface area contributed by atoms with E-state index in [4.69, 9.17) is 0 Å². The van der Waals surface area contributed by atoms with E-state index < -0.39 is 0 Å². The SMILES string of the molecule is Cn1[nH]c(-c2ccccc2)cc1=O. The van der Waals surface area contributed by atoms with Crippen LogP contribution in [0.25, 0.3) is 11.3 Å². The van der Waals surface area contributed by atoms with Gasteiger partial charge >= 0.3 is 0 Å². The number of aryl methyl sites for hydroxylation is 1. The van der Waals surface area contributed by atoms with Gasteiger partial charge in [0.15, 0.2) is 0 Å². The fourth-order valence-electron chi connectivity index (χ4n) is 1.25. The molecule has 0 aliphatic carbocycles. The molecule has 1 heterocycles. The lowest BCUT2D eigenvalue weighted by molar-refractivity contribution is 0.742. The largest absolute Gasteiger partial charge is 0.295 e. The van der Waals surface area contributed by atoms with Crippen LogP contribution in [0.2, 0.25) is 0 Å². The first kappa shape index (κ1) is 7.86. The van der Waals surface area contributed by atoms with Gasteiger partial charge in [-0.1, -0.05) is 30.3 Å². The van der Waals surface area contributed by atoms with Crippen molar-refractivity contribution in [1.29, 1.82) is 0 Å². The Bertz CT molecular complexity index is 453. The zero-order valence-electron chi connectivity index (χ0n) is 7.32. The molecule has 0 fully saturated rings. The Morgan fingerprint density at radius 2 is 1.92 bits per heavy atom. The van der Waals surface area contributed by atoms with Crippen LogP contribution in [0.15, 0.2) is 41.2 Å². The Morgan fingerprint density at radius 3 is 2.46 bits per heavy atom. The normalized spacial score (nSPS) is 10.2. The van der Waals surface area contributed by atoms with Gasteiger partial charge in [-0.25, -0.2) is 0 Å². The summed E-state index contributed by atoms with van der Waals surface area (Å²) in [4.78, 5) is 11.1. The molecule has 0 amide bonds. The number of benzene rings is 1. The molecule has 0 bridgehead atoms. The van der Waals surface area contributed by atoms with Crippen LogP contribution in [0, 0.1) is 0 Å². The van der Waals surface area contributed by atoms with Crippen molar-refractivity contribution in [3.05, 3.63) is 46.8 Å². The number of aromatic nitrogens is 2. The lowest BCUT2D eigenvalue weighted by Crippen LogP contribution is -2.09. The molecule has 0 unspecified atom stereocenters. The number of hydrogen-bond acceptors (Lipinski definition) is 1. The van der Waals surface area contributed by atoms with E-state index in [0.29, 0.717) is 0 Å². The lowest BCUT2D eigenvalue weighted by atomic mass is 10.2. The van der Waals surface area contributed by atoms with Gasteiger partial charge in [0.1, 0.15) is 0 Å². The molecule has 2 rings (SSSR count). The third-order valence-electron chi connectivity index (χ3n) is 1.97. The summed E-state index contributed by atoms with van der Waals surface area (Å²) in [6, 6.07) is 11.4. The summed E-state index contributed by atoms with van der Waals surface area (Å²) in [7, 11) is 1.70. The highest BCUT2D eigenvalue weighted by Crippen LogP contribution is 2.13. The number of rotatable bonds is 1. The first-order chi connectivity index (χ1) is 6.27. The Labute approximate surface area is 75.6 Å². The van der Waals surface area contributed by atoms with Crippen molar-refractivity contribution in [2.45, 2.75) is 0 Å². The Morgan fingerprint density at radius 1 is 1.23 bits per heavy atom. The van der Waals surface area contributed by atoms with Crippen molar-refractivity contribution in [3.63, 3.8) is 0 Å². The summed E-state index contributed by atoms with van der Waals surface area (Å²) in [5, 5.41) is 2.96. The monoisotopic (exact) mass is 174 g/mol. The van der Waals surface area contributed by atoms with Crippen LogP contribution in [0.4, 0.5) is 0 Å². The zero-order chi connectivity index (χ0) is 9.26. The molecule has 0 aliphatic heterocycles. The summed E-state index contributed by atoms with van der Waals surface area (Å²) in [5.74, 6) is 0. The smallest absolute Gasteiger partial charge is 0.266 e. The third-order valence-corrected chi connectivity index (χ3v) is 1.97. The van der Waals surface area contributed by atoms with Gasteiger partial charge in [-0.2, -0.15) is 0 Å². The van der Waals surface area contributed by atoms with Crippen LogP contribution >= 0.6 is 0 Å². The summed E-state index contributed by atoms with van der Waals surface area (Å²) in [6.45, 7) is 0. The molecule has 3 heteroatoms. The fourth-order valence-corrected chi connectivity index (χ4v) is 1.25. The van der Waals surface area contributed by atoms with E-state index >= 15 is 0 Å². The van der Waals surface area contributed by atoms with E-state index in [9.17, 15) is 4.79 Å². The molecule has 0 radical (unpaired) electrons. The highest BCUT2D eigenvalue weighted by molar-refractivity contribution is 5.57. The lowest BCUT2D eigenvalue weighted by Gasteiger charge is -1.95. The van der Waals surface area contributed by atoms with Crippen molar-refractivity contribution in [1.82, 2.24) is 9.78 Å². The van der Waals surface area contributed by atoms with Crippen LogP contribution in [0.3, 0.4) is 0 Å². The standard InChI is InChI=1S/C10H10N2O/c1-12-10(13)7-9(11-12)8-5-3-2-4-6-8/h2-7,11H,1H3. The number of hydrogen-bond donors (Lipinski definition) is 1. The van der Waals surface area contributed by atoms with Crippen LogP contribution in [0.1, 0.15) is 0 Å². The average molecular weight is 174 g/mol. The van der Waals surface area contributed by atoms with Gasteiger partial charge in [-0.15, -0.1) is 0 Å². The van der Waals surface area contributed by atoms with Gasteiger partial charge in [-0.05, 0) is 5.56 Å². The summed E-state index contributed by atoms with van der Waals surface area (Å²) in [5.41, 5.74) is 1.87. The predicted octanol–water partition coefficient (Wildman–Crippen LogP) is 1.38. The maximum absolute atomic E-state index is 11.1. The molecule has 0 saturated carbocycles. The minimum Gasteiger partial charge on any atom is -0.295 e. The molecule has 13 heavy (non-hydrogen) atoms. The van der Waals surface area contributed by atoms with E-state index in [1.54, 1.807) is 13.1 Å². The van der Waals surface area contributed by atoms with E-state index in [-0.39, 0.29) is 5.56 Å². The van der Waals surface area contributed by atoms with Crippen LogP contribution in [-0.2, 0) is 7.05 Å². The van der Waals surface area contributed by atoms with Gasteiger partial charge in [0.25, 0.3) is 5.56 Å². The highest BCUT2D eigenvalue weighted by atomic mass is 16.1. The Balaban J connectivity index is 2.54. The topological polar surface area (TPSA) is 37.8 Å². The number of nitrogens with one attached hydrogen (secondary N) is 1. The van der Waals surface area contributed by atoms with Gasteiger partial charge < -0.3 is 0 Å². The number of H-pyrrole nitrogens is 1. The molecule has 0 aliphatic rings. The van der Waals surface area contributed by atoms with E-state index in [2.05, 4.69) is 5.10 Å². The molecule has 1 aromatic carbocycles. The molecule has 2 aromatic rings. The zero-order valence-corrected chi connectivity index (χ0v) is 7.32. The van der Waals surface area contributed by atoms with Crippen molar-refractivity contribution in [2.24, 2.45) is 7.05 Å². The second kappa shape index (κ2) is 2.94. The Hall–Kier alpha value is -1.77. The van der Waals surface area contributed by atoms with Crippen LogP contribution in [0.5, 0.6) is 0 Å². The summed E-state index contributed by atoms with van der Waals surface area (Å²) < 4.78 is 1.46. The molecule has 66 valence electrons. The molecule has 0 saturated heterocycles. The molecular weight excluding hydrogens is 164 g/mol. The minimum atomic E-state index is -0.0150. The van der Waals surface area contributed by atoms with Gasteiger partial charge in [0, 0.05) is 13.1 Å². The predicted molar refractivity (Wildman–Crippen MR) is 51.5 cm³/mol. The Kier molecular flexibility index (Phi) is 1.77.